The maximum atomic E-state index is 14.8. The lowest BCUT2D eigenvalue weighted by Gasteiger charge is -2.31. The average molecular weight is 555 g/mol. The number of nitrogens with two attached hydrogens (primary N) is 1. The Hall–Kier alpha value is -2.71. The topological polar surface area (TPSA) is 83.9 Å². The zero-order valence-electron chi connectivity index (χ0n) is 20.3. The summed E-state index contributed by atoms with van der Waals surface area (Å²) in [5, 5.41) is 3.64. The van der Waals surface area contributed by atoms with Gasteiger partial charge in [-0.3, -0.25) is 15.1 Å². The second-order valence-corrected chi connectivity index (χ2v) is 11.0. The van der Waals surface area contributed by atoms with Crippen LogP contribution in [-0.2, 0) is 12.8 Å². The summed E-state index contributed by atoms with van der Waals surface area (Å²) >= 11 is 3.52. The Bertz CT molecular complexity index is 1260. The number of nitrogens with one attached hydrogen (secondary N) is 1. The van der Waals surface area contributed by atoms with Crippen molar-refractivity contribution in [2.45, 2.75) is 38.5 Å². The van der Waals surface area contributed by atoms with E-state index >= 15 is 0 Å². The van der Waals surface area contributed by atoms with Crippen LogP contribution in [0.15, 0.2) is 56.5 Å². The van der Waals surface area contributed by atoms with Crippen LogP contribution in [0, 0.1) is 17.7 Å². The van der Waals surface area contributed by atoms with E-state index in [1.165, 1.54) is 25.5 Å². The van der Waals surface area contributed by atoms with Gasteiger partial charge in [0.2, 0.25) is 0 Å². The van der Waals surface area contributed by atoms with Gasteiger partial charge in [-0.15, -0.1) is 0 Å². The number of aryl methyl sites for hydroxylation is 1. The van der Waals surface area contributed by atoms with Gasteiger partial charge in [0.1, 0.15) is 11.4 Å². The molecule has 5 rings (SSSR count). The number of carbonyl (C=O) groups is 1. The molecule has 1 saturated heterocycles. The van der Waals surface area contributed by atoms with Crippen LogP contribution in [0.4, 0.5) is 4.39 Å². The maximum absolute atomic E-state index is 14.8. The number of guanidine groups is 1. The summed E-state index contributed by atoms with van der Waals surface area (Å²) in [5.74, 6) is 0.618. The number of furan rings is 1. The zero-order chi connectivity index (χ0) is 25.1. The van der Waals surface area contributed by atoms with E-state index in [2.05, 4.69) is 31.1 Å². The highest BCUT2D eigenvalue weighted by molar-refractivity contribution is 9.10. The van der Waals surface area contributed by atoms with Crippen LogP contribution >= 0.6 is 15.9 Å². The fraction of sp³-hybridized carbons (Fsp3) is 0.429. The summed E-state index contributed by atoms with van der Waals surface area (Å²) in [6.45, 7) is 4.05. The molecule has 0 atom stereocenters. The van der Waals surface area contributed by atoms with Gasteiger partial charge in [0.25, 0.3) is 5.91 Å². The van der Waals surface area contributed by atoms with Crippen molar-refractivity contribution in [3.8, 4) is 0 Å². The second-order valence-electron chi connectivity index (χ2n) is 10.0. The smallest absolute Gasteiger partial charge is 0.258 e. The van der Waals surface area contributed by atoms with E-state index in [0.717, 1.165) is 52.9 Å². The molecule has 1 saturated carbocycles. The fourth-order valence-corrected chi connectivity index (χ4v) is 5.58. The van der Waals surface area contributed by atoms with Crippen LogP contribution < -0.4 is 11.1 Å². The van der Waals surface area contributed by atoms with Crippen LogP contribution in [0.3, 0.4) is 0 Å². The molecular formula is C28H32BrFN4O2. The SMILES string of the molecule is NC(=NCC1CCN(CC2CC2)CC1)NC(=O)c1cccc(F)c1CCc1cc(Br)cc2ccoc12. The van der Waals surface area contributed by atoms with Gasteiger partial charge in [-0.1, -0.05) is 22.0 Å². The number of carbonyl (C=O) groups excluding carboxylic acids is 1. The van der Waals surface area contributed by atoms with Gasteiger partial charge in [-0.25, -0.2) is 4.39 Å². The van der Waals surface area contributed by atoms with Gasteiger partial charge in [0.15, 0.2) is 5.96 Å². The van der Waals surface area contributed by atoms with Gasteiger partial charge in [-0.2, -0.15) is 0 Å². The van der Waals surface area contributed by atoms with E-state index in [0.29, 0.717) is 30.9 Å². The number of amides is 1. The molecule has 0 spiro atoms. The van der Waals surface area contributed by atoms with Gasteiger partial charge in [0.05, 0.1) is 6.26 Å². The number of likely N-dealkylation sites (tertiary alicyclic amines) is 1. The van der Waals surface area contributed by atoms with E-state index in [1.807, 2.05) is 18.2 Å². The van der Waals surface area contributed by atoms with Crippen LogP contribution in [0.25, 0.3) is 11.0 Å². The number of halogens is 2. The Morgan fingerprint density at radius 3 is 2.72 bits per heavy atom. The molecule has 2 aromatic carbocycles. The van der Waals surface area contributed by atoms with Crippen molar-refractivity contribution in [2.24, 2.45) is 22.6 Å². The monoisotopic (exact) mass is 554 g/mol. The Balaban J connectivity index is 1.20. The number of benzene rings is 2. The lowest BCUT2D eigenvalue weighted by atomic mass is 9.97. The molecule has 3 N–H and O–H groups in total. The molecule has 2 aliphatic rings. The van der Waals surface area contributed by atoms with E-state index < -0.39 is 11.7 Å². The van der Waals surface area contributed by atoms with Crippen LogP contribution in [0.2, 0.25) is 0 Å². The minimum atomic E-state index is -0.442. The molecule has 2 heterocycles. The van der Waals surface area contributed by atoms with Gasteiger partial charge >= 0.3 is 0 Å². The minimum absolute atomic E-state index is 0.0832. The molecule has 0 bridgehead atoms. The highest BCUT2D eigenvalue weighted by Crippen LogP contribution is 2.31. The highest BCUT2D eigenvalue weighted by atomic mass is 79.9. The summed E-state index contributed by atoms with van der Waals surface area (Å²) in [4.78, 5) is 20.0. The standard InChI is InChI=1S/C28H32BrFN4O2/c29-22-14-20(26-21(15-22)10-13-36-26)6-7-23-24(2-1-3-25(23)30)27(35)33-28(31)32-16-18-8-11-34(12-9-18)17-19-4-5-19/h1-3,10,13-15,18-19H,4-9,11-12,16-17H2,(H3,31,32,33,35). The minimum Gasteiger partial charge on any atom is -0.464 e. The molecule has 8 heteroatoms. The molecule has 3 aromatic rings. The normalized spacial score (nSPS) is 17.6. The first kappa shape index (κ1) is 25.0. The first-order valence-corrected chi connectivity index (χ1v) is 13.5. The number of aliphatic imine (C=N–C) groups is 1. The van der Waals surface area contributed by atoms with Crippen molar-refractivity contribution in [1.82, 2.24) is 10.2 Å². The molecular weight excluding hydrogens is 523 g/mol. The van der Waals surface area contributed by atoms with Crippen molar-refractivity contribution in [1.29, 1.82) is 0 Å². The number of hydrogen-bond donors (Lipinski definition) is 2. The number of hydrogen-bond acceptors (Lipinski definition) is 4. The third kappa shape index (κ3) is 6.16. The molecule has 0 radical (unpaired) electrons. The number of piperidine rings is 1. The van der Waals surface area contributed by atoms with Gasteiger partial charge in [0, 0.05) is 34.1 Å². The first-order valence-electron chi connectivity index (χ1n) is 12.7. The Labute approximate surface area is 219 Å². The fourth-order valence-electron chi connectivity index (χ4n) is 5.05. The molecule has 6 nitrogen and oxygen atoms in total. The molecule has 190 valence electrons. The summed E-state index contributed by atoms with van der Waals surface area (Å²) in [7, 11) is 0. The van der Waals surface area contributed by atoms with Crippen molar-refractivity contribution in [3.05, 3.63) is 69.6 Å². The molecule has 1 aliphatic carbocycles. The lowest BCUT2D eigenvalue weighted by Crippen LogP contribution is -2.39. The van der Waals surface area contributed by atoms with Gasteiger partial charge < -0.3 is 15.1 Å². The summed E-state index contributed by atoms with van der Waals surface area (Å²) in [5.41, 5.74) is 8.39. The van der Waals surface area contributed by atoms with Crippen LogP contribution in [0.1, 0.15) is 47.2 Å². The highest BCUT2D eigenvalue weighted by Gasteiger charge is 2.27. The predicted octanol–water partition coefficient (Wildman–Crippen LogP) is 5.29. The van der Waals surface area contributed by atoms with Crippen molar-refractivity contribution in [3.63, 3.8) is 0 Å². The molecule has 36 heavy (non-hydrogen) atoms. The largest absolute Gasteiger partial charge is 0.464 e. The number of nitrogens with zero attached hydrogens (tertiary/aromatic N) is 2. The third-order valence-electron chi connectivity index (χ3n) is 7.28. The molecule has 1 aliphatic heterocycles. The molecule has 2 fully saturated rings. The van der Waals surface area contributed by atoms with E-state index in [4.69, 9.17) is 10.2 Å². The first-order chi connectivity index (χ1) is 17.5. The zero-order valence-corrected chi connectivity index (χ0v) is 21.9. The second kappa shape index (κ2) is 11.1. The molecule has 1 amide bonds. The predicted molar refractivity (Wildman–Crippen MR) is 144 cm³/mol. The summed E-state index contributed by atoms with van der Waals surface area (Å²) in [6, 6.07) is 10.4. The number of fused-ring (bicyclic) bond motifs is 1. The summed E-state index contributed by atoms with van der Waals surface area (Å²) in [6.07, 6.45) is 7.47. The molecule has 0 unspecified atom stereocenters. The van der Waals surface area contributed by atoms with E-state index in [1.54, 1.807) is 18.4 Å². The van der Waals surface area contributed by atoms with Crippen molar-refractivity contribution < 1.29 is 13.6 Å². The third-order valence-corrected chi connectivity index (χ3v) is 7.74. The molecule has 1 aromatic heterocycles. The quantitative estimate of drug-likeness (QED) is 0.293. The Kier molecular flexibility index (Phi) is 7.72. The van der Waals surface area contributed by atoms with Crippen molar-refractivity contribution >= 4 is 38.8 Å². The Morgan fingerprint density at radius 2 is 1.94 bits per heavy atom. The van der Waals surface area contributed by atoms with Crippen LogP contribution in [0.5, 0.6) is 0 Å². The lowest BCUT2D eigenvalue weighted by molar-refractivity contribution is 0.0975. The Morgan fingerprint density at radius 1 is 1.14 bits per heavy atom. The maximum Gasteiger partial charge on any atom is 0.258 e. The van der Waals surface area contributed by atoms with E-state index in [-0.39, 0.29) is 11.5 Å². The van der Waals surface area contributed by atoms with E-state index in [9.17, 15) is 9.18 Å². The van der Waals surface area contributed by atoms with Crippen LogP contribution in [-0.4, -0.2) is 42.9 Å². The summed E-state index contributed by atoms with van der Waals surface area (Å²) < 4.78 is 21.4. The van der Waals surface area contributed by atoms with Crippen molar-refractivity contribution in [2.75, 3.05) is 26.2 Å². The average Bonchev–Trinajstić information content (AvgIpc) is 3.55. The van der Waals surface area contributed by atoms with Gasteiger partial charge in [-0.05, 0) is 99.3 Å². The number of rotatable bonds is 8.